The highest BCUT2D eigenvalue weighted by Crippen LogP contribution is 2.39. The van der Waals surface area contributed by atoms with Gasteiger partial charge in [-0.05, 0) is 24.6 Å². The van der Waals surface area contributed by atoms with Crippen molar-refractivity contribution in [1.29, 1.82) is 0 Å². The quantitative estimate of drug-likeness (QED) is 0.762. The Bertz CT molecular complexity index is 731. The van der Waals surface area contributed by atoms with Crippen LogP contribution in [0.25, 0.3) is 22.6 Å². The minimum Gasteiger partial charge on any atom is -0.461 e. The first-order chi connectivity index (χ1) is 9.18. The minimum absolute atomic E-state index is 0.135. The Hall–Kier alpha value is -2.56. The molecular weight excluding hydrogens is 247 g/mol. The van der Waals surface area contributed by atoms with E-state index in [-0.39, 0.29) is 11.6 Å². The van der Waals surface area contributed by atoms with Crippen LogP contribution in [0.2, 0.25) is 0 Å². The van der Waals surface area contributed by atoms with Gasteiger partial charge in [-0.15, -0.1) is 0 Å². The lowest BCUT2D eigenvalue weighted by molar-refractivity contribution is 0.420. The van der Waals surface area contributed by atoms with E-state index in [2.05, 4.69) is 5.16 Å². The maximum Gasteiger partial charge on any atom is 0.212 e. The Morgan fingerprint density at radius 2 is 1.95 bits per heavy atom. The molecule has 0 spiro atoms. The molecule has 1 aromatic carbocycles. The molecule has 96 valence electrons. The van der Waals surface area contributed by atoms with Gasteiger partial charge in [0, 0.05) is 5.56 Å². The Morgan fingerprint density at radius 3 is 2.63 bits per heavy atom. The van der Waals surface area contributed by atoms with Crippen LogP contribution in [0.4, 0.5) is 10.2 Å². The van der Waals surface area contributed by atoms with Crippen molar-refractivity contribution < 1.29 is 13.3 Å². The Labute approximate surface area is 108 Å². The van der Waals surface area contributed by atoms with E-state index in [1.165, 1.54) is 12.3 Å². The molecule has 0 aliphatic carbocycles. The number of hydrogen-bond acceptors (Lipinski definition) is 4. The molecule has 3 rings (SSSR count). The summed E-state index contributed by atoms with van der Waals surface area (Å²) in [6, 6.07) is 8.11. The molecule has 2 aromatic heterocycles. The molecule has 0 unspecified atom stereocenters. The fourth-order valence-electron chi connectivity index (χ4n) is 1.99. The van der Waals surface area contributed by atoms with Crippen molar-refractivity contribution in [1.82, 2.24) is 5.16 Å². The fraction of sp³-hybridized carbons (Fsp3) is 0.0714. The predicted octanol–water partition coefficient (Wildman–Crippen LogP) is 3.63. The maximum absolute atomic E-state index is 13.9. The van der Waals surface area contributed by atoms with Crippen LogP contribution in [-0.2, 0) is 0 Å². The zero-order chi connectivity index (χ0) is 13.4. The van der Waals surface area contributed by atoms with Crippen LogP contribution in [0.15, 0.2) is 45.5 Å². The number of benzene rings is 1. The number of rotatable bonds is 2. The van der Waals surface area contributed by atoms with Crippen LogP contribution in [0.5, 0.6) is 0 Å². The van der Waals surface area contributed by atoms with E-state index in [9.17, 15) is 4.39 Å². The lowest BCUT2D eigenvalue weighted by Crippen LogP contribution is -1.91. The minimum atomic E-state index is -0.386. The molecule has 2 heterocycles. The van der Waals surface area contributed by atoms with Gasteiger partial charge in [0.2, 0.25) is 5.76 Å². The summed E-state index contributed by atoms with van der Waals surface area (Å²) < 4.78 is 24.4. The van der Waals surface area contributed by atoms with Crippen LogP contribution in [-0.4, -0.2) is 5.16 Å². The third-order valence-corrected chi connectivity index (χ3v) is 2.93. The van der Waals surface area contributed by atoms with Gasteiger partial charge in [-0.2, -0.15) is 0 Å². The Morgan fingerprint density at radius 1 is 1.16 bits per heavy atom. The van der Waals surface area contributed by atoms with Gasteiger partial charge in [0.1, 0.15) is 5.82 Å². The van der Waals surface area contributed by atoms with E-state index in [1.807, 2.05) is 6.92 Å². The molecule has 2 N–H and O–H groups in total. The lowest BCUT2D eigenvalue weighted by Gasteiger charge is -2.02. The summed E-state index contributed by atoms with van der Waals surface area (Å²) in [5.74, 6) is 0.589. The van der Waals surface area contributed by atoms with E-state index in [1.54, 1.807) is 24.3 Å². The second-order valence-electron chi connectivity index (χ2n) is 4.18. The third-order valence-electron chi connectivity index (χ3n) is 2.93. The third kappa shape index (κ3) is 1.79. The molecule has 19 heavy (non-hydrogen) atoms. The number of anilines is 1. The standard InChI is InChI=1S/C14H11FN2O2/c1-8-6-7-18-12(8)13-11(14(16)17-19-13)9-4-2-3-5-10(9)15/h2-7H,1H3,(H2,16,17). The molecular formula is C14H11FN2O2. The average Bonchev–Trinajstić information content (AvgIpc) is 2.96. The van der Waals surface area contributed by atoms with Crippen LogP contribution >= 0.6 is 0 Å². The number of halogens is 1. The highest BCUT2D eigenvalue weighted by Gasteiger charge is 2.23. The summed E-state index contributed by atoms with van der Waals surface area (Å²) in [6.07, 6.45) is 1.54. The van der Waals surface area contributed by atoms with Crippen molar-refractivity contribution in [2.45, 2.75) is 6.92 Å². The summed E-state index contributed by atoms with van der Waals surface area (Å²) >= 11 is 0. The monoisotopic (exact) mass is 258 g/mol. The average molecular weight is 258 g/mol. The molecule has 0 saturated heterocycles. The number of nitrogens with two attached hydrogens (primary N) is 1. The second kappa shape index (κ2) is 4.28. The number of hydrogen-bond donors (Lipinski definition) is 1. The fourth-order valence-corrected chi connectivity index (χ4v) is 1.99. The molecule has 5 heteroatoms. The molecule has 0 aliphatic heterocycles. The number of aromatic nitrogens is 1. The summed E-state index contributed by atoms with van der Waals surface area (Å²) in [5.41, 5.74) is 7.41. The van der Waals surface area contributed by atoms with E-state index in [0.29, 0.717) is 22.6 Å². The number of nitrogens with zero attached hydrogens (tertiary/aromatic N) is 1. The molecule has 0 bridgehead atoms. The highest BCUT2D eigenvalue weighted by atomic mass is 19.1. The second-order valence-corrected chi connectivity index (χ2v) is 4.18. The maximum atomic E-state index is 13.9. The molecule has 0 atom stereocenters. The molecule has 0 radical (unpaired) electrons. The van der Waals surface area contributed by atoms with Gasteiger partial charge in [0.25, 0.3) is 0 Å². The van der Waals surface area contributed by atoms with Gasteiger partial charge < -0.3 is 14.7 Å². The van der Waals surface area contributed by atoms with E-state index >= 15 is 0 Å². The zero-order valence-corrected chi connectivity index (χ0v) is 10.2. The smallest absolute Gasteiger partial charge is 0.212 e. The molecule has 0 saturated carbocycles. The number of furan rings is 1. The molecule has 4 nitrogen and oxygen atoms in total. The summed E-state index contributed by atoms with van der Waals surface area (Å²) in [6.45, 7) is 1.86. The van der Waals surface area contributed by atoms with Gasteiger partial charge in [-0.1, -0.05) is 23.4 Å². The summed E-state index contributed by atoms with van der Waals surface area (Å²) in [7, 11) is 0. The summed E-state index contributed by atoms with van der Waals surface area (Å²) in [5, 5.41) is 3.71. The van der Waals surface area contributed by atoms with Crippen LogP contribution in [0.3, 0.4) is 0 Å². The highest BCUT2D eigenvalue weighted by molar-refractivity contribution is 5.85. The lowest BCUT2D eigenvalue weighted by atomic mass is 10.0. The van der Waals surface area contributed by atoms with Gasteiger partial charge in [0.15, 0.2) is 11.6 Å². The van der Waals surface area contributed by atoms with Crippen LogP contribution in [0, 0.1) is 12.7 Å². The first kappa shape index (κ1) is 11.5. The van der Waals surface area contributed by atoms with Crippen LogP contribution < -0.4 is 5.73 Å². The molecule has 0 fully saturated rings. The zero-order valence-electron chi connectivity index (χ0n) is 10.2. The van der Waals surface area contributed by atoms with Crippen molar-refractivity contribution >= 4 is 5.82 Å². The van der Waals surface area contributed by atoms with Crippen molar-refractivity contribution in [3.8, 4) is 22.6 Å². The topological polar surface area (TPSA) is 65.2 Å². The van der Waals surface area contributed by atoms with Crippen LogP contribution in [0.1, 0.15) is 5.56 Å². The van der Waals surface area contributed by atoms with E-state index in [0.717, 1.165) is 5.56 Å². The Kier molecular flexibility index (Phi) is 2.59. The molecule has 0 aliphatic rings. The molecule has 3 aromatic rings. The van der Waals surface area contributed by atoms with E-state index < -0.39 is 0 Å². The first-order valence-electron chi connectivity index (χ1n) is 5.73. The largest absolute Gasteiger partial charge is 0.461 e. The Balaban J connectivity index is 2.26. The first-order valence-corrected chi connectivity index (χ1v) is 5.73. The predicted molar refractivity (Wildman–Crippen MR) is 68.7 cm³/mol. The van der Waals surface area contributed by atoms with Gasteiger partial charge in [-0.3, -0.25) is 0 Å². The normalized spacial score (nSPS) is 10.8. The van der Waals surface area contributed by atoms with Gasteiger partial charge in [0.05, 0.1) is 11.8 Å². The number of nitrogen functional groups attached to an aromatic ring is 1. The van der Waals surface area contributed by atoms with Gasteiger partial charge in [-0.25, -0.2) is 4.39 Å². The van der Waals surface area contributed by atoms with Crippen molar-refractivity contribution in [3.63, 3.8) is 0 Å². The SMILES string of the molecule is Cc1ccoc1-c1onc(N)c1-c1ccccc1F. The van der Waals surface area contributed by atoms with E-state index in [4.69, 9.17) is 14.7 Å². The van der Waals surface area contributed by atoms with Crippen molar-refractivity contribution in [3.05, 3.63) is 48.0 Å². The molecule has 0 amide bonds. The number of aryl methyl sites for hydroxylation is 1. The van der Waals surface area contributed by atoms with Crippen molar-refractivity contribution in [2.75, 3.05) is 5.73 Å². The van der Waals surface area contributed by atoms with Gasteiger partial charge >= 0.3 is 0 Å². The van der Waals surface area contributed by atoms with Crippen molar-refractivity contribution in [2.24, 2.45) is 0 Å². The summed E-state index contributed by atoms with van der Waals surface area (Å²) in [4.78, 5) is 0.